The molecule has 1 N–H and O–H groups in total. The highest BCUT2D eigenvalue weighted by Crippen LogP contribution is 2.22. The molecule has 1 fully saturated rings. The van der Waals surface area contributed by atoms with Crippen molar-refractivity contribution in [1.29, 1.82) is 0 Å². The minimum absolute atomic E-state index is 0.299. The van der Waals surface area contributed by atoms with E-state index in [1.54, 1.807) is 18.5 Å². The first kappa shape index (κ1) is 12.7. The summed E-state index contributed by atoms with van der Waals surface area (Å²) >= 11 is 3.27. The number of hydrogen-bond acceptors (Lipinski definition) is 3. The second-order valence-corrected chi connectivity index (χ2v) is 5.64. The van der Waals surface area contributed by atoms with Gasteiger partial charge in [-0.2, -0.15) is 0 Å². The van der Waals surface area contributed by atoms with Gasteiger partial charge < -0.3 is 5.32 Å². The van der Waals surface area contributed by atoms with E-state index in [1.165, 1.54) is 25.0 Å². The molecule has 0 saturated heterocycles. The summed E-state index contributed by atoms with van der Waals surface area (Å²) in [6.07, 6.45) is 6.10. The lowest BCUT2D eigenvalue weighted by atomic mass is 10.2. The van der Waals surface area contributed by atoms with E-state index in [1.807, 2.05) is 0 Å². The molecule has 0 aliphatic heterocycles. The summed E-state index contributed by atoms with van der Waals surface area (Å²) in [5, 5.41) is 3.40. The smallest absolute Gasteiger partial charge is 0.159 e. The van der Waals surface area contributed by atoms with Crippen LogP contribution in [0.3, 0.4) is 0 Å². The van der Waals surface area contributed by atoms with E-state index < -0.39 is 0 Å². The molecule has 0 unspecified atom stereocenters. The van der Waals surface area contributed by atoms with E-state index in [0.717, 1.165) is 12.1 Å². The first-order valence-corrected chi connectivity index (χ1v) is 7.01. The van der Waals surface area contributed by atoms with Crippen molar-refractivity contribution >= 4 is 15.9 Å². The first-order valence-electron chi connectivity index (χ1n) is 6.21. The molecule has 98 valence electrons. The summed E-state index contributed by atoms with van der Waals surface area (Å²) in [5.74, 6) is 0.239. The van der Waals surface area contributed by atoms with Crippen LogP contribution in [-0.2, 0) is 6.54 Å². The minimum atomic E-state index is -0.299. The topological polar surface area (TPSA) is 37.8 Å². The normalized spacial score (nSPS) is 14.6. The Morgan fingerprint density at radius 3 is 2.58 bits per heavy atom. The monoisotopic (exact) mass is 321 g/mol. The molecular weight excluding hydrogens is 309 g/mol. The van der Waals surface area contributed by atoms with Gasteiger partial charge in [-0.1, -0.05) is 15.9 Å². The van der Waals surface area contributed by atoms with Crippen molar-refractivity contribution in [2.45, 2.75) is 25.4 Å². The van der Waals surface area contributed by atoms with E-state index in [-0.39, 0.29) is 5.82 Å². The van der Waals surface area contributed by atoms with Crippen LogP contribution in [0, 0.1) is 5.82 Å². The van der Waals surface area contributed by atoms with Crippen molar-refractivity contribution in [1.82, 2.24) is 15.3 Å². The van der Waals surface area contributed by atoms with Gasteiger partial charge in [-0.15, -0.1) is 0 Å². The largest absolute Gasteiger partial charge is 0.310 e. The average molecular weight is 322 g/mol. The molecule has 0 atom stereocenters. The van der Waals surface area contributed by atoms with Crippen LogP contribution in [0.5, 0.6) is 0 Å². The van der Waals surface area contributed by atoms with Gasteiger partial charge in [0, 0.05) is 40.6 Å². The summed E-state index contributed by atoms with van der Waals surface area (Å²) < 4.78 is 14.0. The lowest BCUT2D eigenvalue weighted by molar-refractivity contribution is 0.627. The Kier molecular flexibility index (Phi) is 3.57. The maximum absolute atomic E-state index is 13.3. The van der Waals surface area contributed by atoms with Crippen LogP contribution in [0.4, 0.5) is 4.39 Å². The van der Waals surface area contributed by atoms with E-state index in [0.29, 0.717) is 21.9 Å². The fourth-order valence-electron chi connectivity index (χ4n) is 1.83. The van der Waals surface area contributed by atoms with Crippen molar-refractivity contribution in [2.75, 3.05) is 0 Å². The number of halogens is 2. The molecule has 1 aliphatic carbocycles. The van der Waals surface area contributed by atoms with Crippen LogP contribution in [-0.4, -0.2) is 16.0 Å². The summed E-state index contributed by atoms with van der Waals surface area (Å²) in [6, 6.07) is 5.32. The maximum Gasteiger partial charge on any atom is 0.159 e. The van der Waals surface area contributed by atoms with E-state index in [2.05, 4.69) is 31.2 Å². The molecule has 1 aromatic carbocycles. The zero-order valence-electron chi connectivity index (χ0n) is 10.2. The lowest BCUT2D eigenvalue weighted by Gasteiger charge is -2.04. The molecule has 5 heteroatoms. The molecule has 19 heavy (non-hydrogen) atoms. The van der Waals surface area contributed by atoms with Crippen molar-refractivity contribution in [3.05, 3.63) is 46.4 Å². The van der Waals surface area contributed by atoms with E-state index in [9.17, 15) is 4.39 Å². The standard InChI is InChI=1S/C14H13BrFN3/c15-11-3-10(4-12(16)5-11)14-18-7-9(8-19-14)6-17-13-1-2-13/h3-5,7-8,13,17H,1-2,6H2. The number of hydrogen-bond donors (Lipinski definition) is 1. The summed E-state index contributed by atoms with van der Waals surface area (Å²) in [4.78, 5) is 8.58. The van der Waals surface area contributed by atoms with Crippen LogP contribution in [0.1, 0.15) is 18.4 Å². The third kappa shape index (κ3) is 3.36. The minimum Gasteiger partial charge on any atom is -0.310 e. The Balaban J connectivity index is 1.76. The molecule has 3 nitrogen and oxygen atoms in total. The van der Waals surface area contributed by atoms with Gasteiger partial charge in [-0.05, 0) is 31.0 Å². The predicted molar refractivity (Wildman–Crippen MR) is 75.0 cm³/mol. The average Bonchev–Trinajstić information content (AvgIpc) is 3.20. The van der Waals surface area contributed by atoms with E-state index >= 15 is 0 Å². The van der Waals surface area contributed by atoms with Gasteiger partial charge >= 0.3 is 0 Å². The molecule has 1 aliphatic rings. The second-order valence-electron chi connectivity index (χ2n) is 4.73. The molecule has 1 saturated carbocycles. The van der Waals surface area contributed by atoms with Crippen LogP contribution >= 0.6 is 15.9 Å². The van der Waals surface area contributed by atoms with Crippen LogP contribution in [0.2, 0.25) is 0 Å². The van der Waals surface area contributed by atoms with E-state index in [4.69, 9.17) is 0 Å². The lowest BCUT2D eigenvalue weighted by Crippen LogP contribution is -2.15. The zero-order valence-corrected chi connectivity index (χ0v) is 11.8. The third-order valence-electron chi connectivity index (χ3n) is 3.00. The van der Waals surface area contributed by atoms with Gasteiger partial charge in [0.2, 0.25) is 0 Å². The Hall–Kier alpha value is -1.33. The fourth-order valence-corrected chi connectivity index (χ4v) is 2.29. The van der Waals surface area contributed by atoms with Crippen LogP contribution < -0.4 is 5.32 Å². The highest BCUT2D eigenvalue weighted by molar-refractivity contribution is 9.10. The molecule has 1 heterocycles. The molecular formula is C14H13BrFN3. The van der Waals surface area contributed by atoms with Gasteiger partial charge in [0.1, 0.15) is 5.82 Å². The molecule has 0 spiro atoms. The van der Waals surface area contributed by atoms with Crippen LogP contribution in [0.15, 0.2) is 35.1 Å². The number of nitrogens with one attached hydrogen (secondary N) is 1. The third-order valence-corrected chi connectivity index (χ3v) is 3.46. The molecule has 0 bridgehead atoms. The Bertz CT molecular complexity index is 561. The van der Waals surface area contributed by atoms with Crippen molar-refractivity contribution in [3.63, 3.8) is 0 Å². The maximum atomic E-state index is 13.3. The van der Waals surface area contributed by atoms with Gasteiger partial charge in [0.25, 0.3) is 0 Å². The first-order chi connectivity index (χ1) is 9.20. The molecule has 0 amide bonds. The quantitative estimate of drug-likeness (QED) is 0.939. The van der Waals surface area contributed by atoms with Crippen molar-refractivity contribution < 1.29 is 4.39 Å². The zero-order chi connectivity index (χ0) is 13.2. The molecule has 3 rings (SSSR count). The number of rotatable bonds is 4. The molecule has 1 aromatic heterocycles. The summed E-state index contributed by atoms with van der Waals surface area (Å²) in [7, 11) is 0. The number of nitrogens with zero attached hydrogens (tertiary/aromatic N) is 2. The number of aromatic nitrogens is 2. The Morgan fingerprint density at radius 2 is 1.95 bits per heavy atom. The second kappa shape index (κ2) is 5.35. The van der Waals surface area contributed by atoms with Gasteiger partial charge in [0.05, 0.1) is 0 Å². The predicted octanol–water partition coefficient (Wildman–Crippen LogP) is 3.30. The molecule has 0 radical (unpaired) electrons. The fraction of sp³-hybridized carbons (Fsp3) is 0.286. The van der Waals surface area contributed by atoms with Crippen molar-refractivity contribution in [3.8, 4) is 11.4 Å². The highest BCUT2D eigenvalue weighted by atomic mass is 79.9. The van der Waals surface area contributed by atoms with Gasteiger partial charge in [-0.3, -0.25) is 0 Å². The van der Waals surface area contributed by atoms with Crippen molar-refractivity contribution in [2.24, 2.45) is 0 Å². The summed E-state index contributed by atoms with van der Waals surface area (Å²) in [6.45, 7) is 0.789. The number of benzene rings is 1. The SMILES string of the molecule is Fc1cc(Br)cc(-c2ncc(CNC3CC3)cn2)c1. The van der Waals surface area contributed by atoms with Crippen LogP contribution in [0.25, 0.3) is 11.4 Å². The highest BCUT2D eigenvalue weighted by Gasteiger charge is 2.19. The Morgan fingerprint density at radius 1 is 1.21 bits per heavy atom. The Labute approximate surface area is 119 Å². The van der Waals surface area contributed by atoms with Gasteiger partial charge in [0.15, 0.2) is 5.82 Å². The molecule has 2 aromatic rings. The summed E-state index contributed by atoms with van der Waals surface area (Å²) in [5.41, 5.74) is 1.72. The van der Waals surface area contributed by atoms with Gasteiger partial charge in [-0.25, -0.2) is 14.4 Å².